The van der Waals surface area contributed by atoms with E-state index in [1.807, 2.05) is 6.07 Å². The van der Waals surface area contributed by atoms with Crippen molar-refractivity contribution in [1.82, 2.24) is 5.32 Å². The van der Waals surface area contributed by atoms with Crippen molar-refractivity contribution in [1.29, 1.82) is 0 Å². The Bertz CT molecular complexity index is 346. The molecule has 2 heteroatoms. The third kappa shape index (κ3) is 1.86. The molecule has 1 aromatic carbocycles. The largest absolute Gasteiger partial charge is 0.492 e. The number of para-hydroxylation sites is 1. The van der Waals surface area contributed by atoms with E-state index in [-0.39, 0.29) is 0 Å². The first kappa shape index (κ1) is 9.22. The summed E-state index contributed by atoms with van der Waals surface area (Å²) in [6, 6.07) is 9.64. The van der Waals surface area contributed by atoms with Crippen LogP contribution in [0.2, 0.25) is 0 Å². The first-order valence-electron chi connectivity index (χ1n) is 5.88. The zero-order valence-corrected chi connectivity index (χ0v) is 8.91. The molecule has 0 radical (unpaired) electrons. The molecule has 1 N–H and O–H groups in total. The van der Waals surface area contributed by atoms with E-state index in [1.165, 1.54) is 24.8 Å². The molecule has 15 heavy (non-hydrogen) atoms. The van der Waals surface area contributed by atoms with Crippen LogP contribution < -0.4 is 10.1 Å². The molecule has 2 nitrogen and oxygen atoms in total. The lowest BCUT2D eigenvalue weighted by molar-refractivity contribution is 0.204. The molecule has 1 aliphatic heterocycles. The first-order chi connectivity index (χ1) is 7.42. The van der Waals surface area contributed by atoms with Gasteiger partial charge in [0.15, 0.2) is 0 Å². The highest BCUT2D eigenvalue weighted by Gasteiger charge is 2.24. The highest BCUT2D eigenvalue weighted by molar-refractivity contribution is 5.35. The van der Waals surface area contributed by atoms with Crippen LogP contribution in [0.4, 0.5) is 0 Å². The second-order valence-electron chi connectivity index (χ2n) is 4.61. The molecule has 0 saturated heterocycles. The van der Waals surface area contributed by atoms with E-state index in [1.54, 1.807) is 0 Å². The van der Waals surface area contributed by atoms with Gasteiger partial charge in [0, 0.05) is 12.1 Å². The summed E-state index contributed by atoms with van der Waals surface area (Å²) in [5.41, 5.74) is 1.35. The number of hydrogen-bond acceptors (Lipinski definition) is 2. The summed E-state index contributed by atoms with van der Waals surface area (Å²) in [6.45, 7) is 0.827. The van der Waals surface area contributed by atoms with E-state index in [0.29, 0.717) is 6.04 Å². The van der Waals surface area contributed by atoms with Crippen molar-refractivity contribution in [2.75, 3.05) is 6.61 Å². The third-order valence-corrected chi connectivity index (χ3v) is 3.46. The molecule has 80 valence electrons. The monoisotopic (exact) mass is 203 g/mol. The maximum Gasteiger partial charge on any atom is 0.122 e. The van der Waals surface area contributed by atoms with Gasteiger partial charge in [-0.25, -0.2) is 0 Å². The highest BCUT2D eigenvalue weighted by atomic mass is 16.5. The van der Waals surface area contributed by atoms with Crippen molar-refractivity contribution in [2.24, 2.45) is 0 Å². The minimum absolute atomic E-state index is 0.519. The van der Waals surface area contributed by atoms with Crippen molar-refractivity contribution in [3.05, 3.63) is 29.8 Å². The van der Waals surface area contributed by atoms with Gasteiger partial charge in [-0.05, 0) is 30.9 Å². The van der Waals surface area contributed by atoms with E-state index >= 15 is 0 Å². The molecule has 1 aliphatic carbocycles. The molecule has 0 amide bonds. The van der Waals surface area contributed by atoms with Crippen LogP contribution in [0, 0.1) is 0 Å². The number of hydrogen-bond donors (Lipinski definition) is 1. The predicted octanol–water partition coefficient (Wildman–Crippen LogP) is 2.13. The molecule has 1 heterocycles. The Morgan fingerprint density at radius 1 is 1.13 bits per heavy atom. The van der Waals surface area contributed by atoms with Crippen molar-refractivity contribution >= 4 is 0 Å². The minimum atomic E-state index is 0.519. The van der Waals surface area contributed by atoms with Crippen molar-refractivity contribution < 1.29 is 4.74 Å². The lowest BCUT2D eigenvalue weighted by Crippen LogP contribution is -2.47. The number of ether oxygens (including phenoxy) is 1. The van der Waals surface area contributed by atoms with E-state index < -0.39 is 0 Å². The zero-order valence-electron chi connectivity index (χ0n) is 8.91. The van der Waals surface area contributed by atoms with Crippen molar-refractivity contribution in [2.45, 2.75) is 37.8 Å². The van der Waals surface area contributed by atoms with Gasteiger partial charge in [-0.2, -0.15) is 0 Å². The Kier molecular flexibility index (Phi) is 2.37. The summed E-state index contributed by atoms with van der Waals surface area (Å²) < 4.78 is 5.74. The van der Waals surface area contributed by atoms with E-state index in [9.17, 15) is 0 Å². The summed E-state index contributed by atoms with van der Waals surface area (Å²) in [5.74, 6) is 1.07. The van der Waals surface area contributed by atoms with Gasteiger partial charge in [-0.1, -0.05) is 24.6 Å². The fraction of sp³-hybridized carbons (Fsp3) is 0.538. The smallest absolute Gasteiger partial charge is 0.122 e. The Hall–Kier alpha value is -1.02. The van der Waals surface area contributed by atoms with Gasteiger partial charge in [0.05, 0.1) is 0 Å². The molecule has 1 atom stereocenters. The maximum absolute atomic E-state index is 5.74. The van der Waals surface area contributed by atoms with Crippen LogP contribution in [0.15, 0.2) is 24.3 Å². The summed E-state index contributed by atoms with van der Waals surface area (Å²) in [5, 5.41) is 3.67. The standard InChI is InChI=1S/C13H17NO/c1-2-7-13-10(4-1)8-12(9-15-13)14-11-5-3-6-11/h1-2,4,7,11-12,14H,3,5-6,8-9H2. The second kappa shape index (κ2) is 3.86. The van der Waals surface area contributed by atoms with Crippen LogP contribution in [0.3, 0.4) is 0 Å². The van der Waals surface area contributed by atoms with Crippen LogP contribution in [0.5, 0.6) is 5.75 Å². The van der Waals surface area contributed by atoms with Gasteiger partial charge in [0.25, 0.3) is 0 Å². The number of fused-ring (bicyclic) bond motifs is 1. The summed E-state index contributed by atoms with van der Waals surface area (Å²) in [6.07, 6.45) is 5.20. The summed E-state index contributed by atoms with van der Waals surface area (Å²) >= 11 is 0. The lowest BCUT2D eigenvalue weighted by atomic mass is 9.91. The van der Waals surface area contributed by atoms with Crippen LogP contribution in [0.25, 0.3) is 0 Å². The van der Waals surface area contributed by atoms with Gasteiger partial charge in [-0.3, -0.25) is 0 Å². The zero-order chi connectivity index (χ0) is 10.1. The minimum Gasteiger partial charge on any atom is -0.492 e. The molecule has 0 aromatic heterocycles. The SMILES string of the molecule is c1ccc2c(c1)CC(NC1CCC1)CO2. The van der Waals surface area contributed by atoms with Gasteiger partial charge in [0.1, 0.15) is 12.4 Å². The highest BCUT2D eigenvalue weighted by Crippen LogP contribution is 2.26. The predicted molar refractivity (Wildman–Crippen MR) is 60.2 cm³/mol. The molecular weight excluding hydrogens is 186 g/mol. The Morgan fingerprint density at radius 2 is 2.00 bits per heavy atom. The normalized spacial score (nSPS) is 25.2. The molecule has 1 aromatic rings. The average Bonchev–Trinajstić information content (AvgIpc) is 2.23. The maximum atomic E-state index is 5.74. The molecule has 1 fully saturated rings. The van der Waals surface area contributed by atoms with Crippen LogP contribution >= 0.6 is 0 Å². The van der Waals surface area contributed by atoms with Gasteiger partial charge >= 0.3 is 0 Å². The number of nitrogens with one attached hydrogen (secondary N) is 1. The van der Waals surface area contributed by atoms with Crippen LogP contribution in [-0.4, -0.2) is 18.7 Å². The Morgan fingerprint density at radius 3 is 2.80 bits per heavy atom. The number of rotatable bonds is 2. The first-order valence-corrected chi connectivity index (χ1v) is 5.88. The van der Waals surface area contributed by atoms with Crippen LogP contribution in [0.1, 0.15) is 24.8 Å². The third-order valence-electron chi connectivity index (χ3n) is 3.46. The van der Waals surface area contributed by atoms with Crippen molar-refractivity contribution in [3.8, 4) is 5.75 Å². The second-order valence-corrected chi connectivity index (χ2v) is 4.61. The molecule has 1 saturated carbocycles. The Labute approximate surface area is 90.6 Å². The molecule has 0 bridgehead atoms. The molecule has 0 spiro atoms. The van der Waals surface area contributed by atoms with Gasteiger partial charge < -0.3 is 10.1 Å². The quantitative estimate of drug-likeness (QED) is 0.795. The summed E-state index contributed by atoms with van der Waals surface area (Å²) in [4.78, 5) is 0. The fourth-order valence-corrected chi connectivity index (χ4v) is 2.34. The van der Waals surface area contributed by atoms with Gasteiger partial charge in [0.2, 0.25) is 0 Å². The summed E-state index contributed by atoms with van der Waals surface area (Å²) in [7, 11) is 0. The molecule has 3 rings (SSSR count). The van der Waals surface area contributed by atoms with Crippen molar-refractivity contribution in [3.63, 3.8) is 0 Å². The molecule has 2 aliphatic rings. The van der Waals surface area contributed by atoms with Gasteiger partial charge in [-0.15, -0.1) is 0 Å². The van der Waals surface area contributed by atoms with Crippen LogP contribution in [-0.2, 0) is 6.42 Å². The Balaban J connectivity index is 1.66. The van der Waals surface area contributed by atoms with E-state index in [2.05, 4.69) is 23.5 Å². The average molecular weight is 203 g/mol. The fourth-order valence-electron chi connectivity index (χ4n) is 2.34. The molecule has 1 unspecified atom stereocenters. The molecular formula is C13H17NO. The van der Waals surface area contributed by atoms with E-state index in [4.69, 9.17) is 4.74 Å². The lowest BCUT2D eigenvalue weighted by Gasteiger charge is -2.34. The number of benzene rings is 1. The van der Waals surface area contributed by atoms with E-state index in [0.717, 1.165) is 24.8 Å². The topological polar surface area (TPSA) is 21.3 Å².